The second-order valence-corrected chi connectivity index (χ2v) is 5.65. The number of nitrogens with zero attached hydrogens (tertiary/aromatic N) is 4. The lowest BCUT2D eigenvalue weighted by Crippen LogP contribution is -2.47. The van der Waals surface area contributed by atoms with Crippen LogP contribution in [0.5, 0.6) is 5.88 Å². The predicted octanol–water partition coefficient (Wildman–Crippen LogP) is 1.67. The molecule has 3 rings (SSSR count). The van der Waals surface area contributed by atoms with Crippen molar-refractivity contribution >= 4 is 6.03 Å². The van der Waals surface area contributed by atoms with E-state index < -0.39 is 0 Å². The van der Waals surface area contributed by atoms with Crippen LogP contribution < -0.4 is 10.1 Å². The van der Waals surface area contributed by atoms with Crippen LogP contribution in [0.3, 0.4) is 0 Å². The molecule has 1 N–H and O–H groups in total. The van der Waals surface area contributed by atoms with Crippen LogP contribution in [0.15, 0.2) is 43.0 Å². The van der Waals surface area contributed by atoms with E-state index in [0.29, 0.717) is 25.5 Å². The topological polar surface area (TPSA) is 80.2 Å². The van der Waals surface area contributed by atoms with Gasteiger partial charge in [0.15, 0.2) is 0 Å². The first kappa shape index (κ1) is 16.2. The Balaban J connectivity index is 1.37. The van der Waals surface area contributed by atoms with E-state index in [4.69, 9.17) is 4.74 Å². The van der Waals surface area contributed by atoms with Crippen molar-refractivity contribution in [3.05, 3.63) is 48.7 Å². The highest BCUT2D eigenvalue weighted by atomic mass is 16.5. The van der Waals surface area contributed by atoms with Gasteiger partial charge in [-0.15, -0.1) is 0 Å². The molecule has 0 unspecified atom stereocenters. The Bertz CT molecular complexity index is 630. The van der Waals surface area contributed by atoms with Crippen molar-refractivity contribution in [3.63, 3.8) is 0 Å². The fourth-order valence-corrected chi connectivity index (χ4v) is 2.65. The normalized spacial score (nSPS) is 15.1. The molecule has 2 amide bonds. The van der Waals surface area contributed by atoms with Gasteiger partial charge in [0.1, 0.15) is 6.10 Å². The molecule has 0 saturated carbocycles. The van der Waals surface area contributed by atoms with Crippen LogP contribution in [-0.2, 0) is 6.42 Å². The van der Waals surface area contributed by atoms with Crippen molar-refractivity contribution in [3.8, 4) is 5.88 Å². The molecule has 0 bridgehead atoms. The second kappa shape index (κ2) is 8.24. The van der Waals surface area contributed by atoms with Gasteiger partial charge in [-0.3, -0.25) is 9.97 Å². The Kier molecular flexibility index (Phi) is 5.55. The summed E-state index contributed by atoms with van der Waals surface area (Å²) in [6.45, 7) is 1.95. The van der Waals surface area contributed by atoms with E-state index in [9.17, 15) is 4.79 Å². The molecular weight excluding hydrogens is 306 g/mol. The fourth-order valence-electron chi connectivity index (χ4n) is 2.65. The Hall–Kier alpha value is -2.70. The van der Waals surface area contributed by atoms with E-state index >= 15 is 0 Å². The van der Waals surface area contributed by atoms with Crippen LogP contribution in [0.1, 0.15) is 18.5 Å². The molecule has 3 heterocycles. The molecule has 0 aliphatic carbocycles. The first-order valence-electron chi connectivity index (χ1n) is 8.16. The van der Waals surface area contributed by atoms with Gasteiger partial charge >= 0.3 is 6.03 Å². The number of nitrogens with one attached hydrogen (secondary N) is 1. The SMILES string of the molecule is O=C(NCCc1ccccn1)N1CCC(Oc2cnccn2)CC1. The first-order chi connectivity index (χ1) is 11.8. The van der Waals surface area contributed by atoms with Crippen LogP contribution in [-0.4, -0.2) is 51.6 Å². The molecule has 0 spiro atoms. The molecule has 1 saturated heterocycles. The van der Waals surface area contributed by atoms with Gasteiger partial charge in [-0.2, -0.15) is 0 Å². The monoisotopic (exact) mass is 327 g/mol. The predicted molar refractivity (Wildman–Crippen MR) is 88.6 cm³/mol. The molecule has 2 aromatic heterocycles. The Morgan fingerprint density at radius 1 is 1.21 bits per heavy atom. The molecule has 2 aromatic rings. The minimum absolute atomic E-state index is 0.0242. The van der Waals surface area contributed by atoms with Gasteiger partial charge in [0.2, 0.25) is 5.88 Å². The highest BCUT2D eigenvalue weighted by molar-refractivity contribution is 5.74. The number of rotatable bonds is 5. The third-order valence-corrected chi connectivity index (χ3v) is 3.94. The van der Waals surface area contributed by atoms with Crippen LogP contribution >= 0.6 is 0 Å². The number of hydrogen-bond donors (Lipinski definition) is 1. The quantitative estimate of drug-likeness (QED) is 0.903. The van der Waals surface area contributed by atoms with Crippen LogP contribution in [0.4, 0.5) is 4.79 Å². The standard InChI is InChI=1S/C17H21N5O2/c23-17(21-8-4-14-3-1-2-7-19-14)22-11-5-15(6-12-22)24-16-13-18-9-10-20-16/h1-3,7,9-10,13,15H,4-6,8,11-12H2,(H,21,23). The van der Waals surface area contributed by atoms with E-state index in [1.807, 2.05) is 23.1 Å². The second-order valence-electron chi connectivity index (χ2n) is 5.65. The summed E-state index contributed by atoms with van der Waals surface area (Å²) in [5.41, 5.74) is 0.980. The summed E-state index contributed by atoms with van der Waals surface area (Å²) in [5, 5.41) is 2.95. The summed E-state index contributed by atoms with van der Waals surface area (Å²) in [6.07, 6.45) is 9.01. The number of carbonyl (C=O) groups is 1. The number of pyridine rings is 1. The van der Waals surface area contributed by atoms with Crippen molar-refractivity contribution in [2.75, 3.05) is 19.6 Å². The van der Waals surface area contributed by atoms with Gasteiger partial charge in [-0.1, -0.05) is 6.07 Å². The molecule has 0 atom stereocenters. The van der Waals surface area contributed by atoms with Gasteiger partial charge in [0.05, 0.1) is 6.20 Å². The Morgan fingerprint density at radius 3 is 2.79 bits per heavy atom. The summed E-state index contributed by atoms with van der Waals surface area (Å²) >= 11 is 0. The highest BCUT2D eigenvalue weighted by Gasteiger charge is 2.24. The van der Waals surface area contributed by atoms with Crippen LogP contribution in [0.25, 0.3) is 0 Å². The average molecular weight is 327 g/mol. The molecule has 126 valence electrons. The number of likely N-dealkylation sites (tertiary alicyclic amines) is 1. The van der Waals surface area contributed by atoms with E-state index in [0.717, 1.165) is 25.0 Å². The number of hydrogen-bond acceptors (Lipinski definition) is 5. The van der Waals surface area contributed by atoms with E-state index in [-0.39, 0.29) is 12.1 Å². The number of piperidine rings is 1. The smallest absolute Gasteiger partial charge is 0.317 e. The maximum Gasteiger partial charge on any atom is 0.317 e. The number of amides is 2. The van der Waals surface area contributed by atoms with E-state index in [2.05, 4.69) is 20.3 Å². The largest absolute Gasteiger partial charge is 0.473 e. The molecule has 24 heavy (non-hydrogen) atoms. The Morgan fingerprint density at radius 2 is 2.08 bits per heavy atom. The van der Waals surface area contributed by atoms with E-state index in [1.165, 1.54) is 0 Å². The lowest BCUT2D eigenvalue weighted by atomic mass is 10.1. The zero-order valence-electron chi connectivity index (χ0n) is 13.5. The highest BCUT2D eigenvalue weighted by Crippen LogP contribution is 2.16. The number of carbonyl (C=O) groups excluding carboxylic acids is 1. The zero-order valence-corrected chi connectivity index (χ0v) is 13.5. The molecule has 0 radical (unpaired) electrons. The fraction of sp³-hybridized carbons (Fsp3) is 0.412. The van der Waals surface area contributed by atoms with Gasteiger partial charge in [-0.05, 0) is 12.1 Å². The Labute approximate surface area is 141 Å². The van der Waals surface area contributed by atoms with Crippen molar-refractivity contribution < 1.29 is 9.53 Å². The van der Waals surface area contributed by atoms with Gasteiger partial charge in [-0.25, -0.2) is 9.78 Å². The first-order valence-corrected chi connectivity index (χ1v) is 8.16. The summed E-state index contributed by atoms with van der Waals surface area (Å²) in [7, 11) is 0. The summed E-state index contributed by atoms with van der Waals surface area (Å²) < 4.78 is 5.78. The summed E-state index contributed by atoms with van der Waals surface area (Å²) in [4.78, 5) is 26.4. The third-order valence-electron chi connectivity index (χ3n) is 3.94. The molecule has 7 nitrogen and oxygen atoms in total. The molecule has 1 aliphatic rings. The molecule has 0 aromatic carbocycles. The maximum atomic E-state index is 12.2. The molecule has 1 fully saturated rings. The number of ether oxygens (including phenoxy) is 1. The number of urea groups is 1. The van der Waals surface area contributed by atoms with Crippen LogP contribution in [0.2, 0.25) is 0 Å². The minimum atomic E-state index is -0.0242. The number of aromatic nitrogens is 3. The maximum absolute atomic E-state index is 12.2. The van der Waals surface area contributed by atoms with Gasteiger partial charge < -0.3 is 15.0 Å². The van der Waals surface area contributed by atoms with E-state index in [1.54, 1.807) is 24.8 Å². The molecule has 7 heteroatoms. The van der Waals surface area contributed by atoms with Gasteiger partial charge in [0, 0.05) is 63.2 Å². The van der Waals surface area contributed by atoms with Crippen molar-refractivity contribution in [1.29, 1.82) is 0 Å². The lowest BCUT2D eigenvalue weighted by Gasteiger charge is -2.31. The third kappa shape index (κ3) is 4.65. The summed E-state index contributed by atoms with van der Waals surface area (Å²) in [5.74, 6) is 0.538. The minimum Gasteiger partial charge on any atom is -0.473 e. The summed E-state index contributed by atoms with van der Waals surface area (Å²) in [6, 6.07) is 5.77. The zero-order chi connectivity index (χ0) is 16.6. The van der Waals surface area contributed by atoms with Gasteiger partial charge in [0.25, 0.3) is 0 Å². The average Bonchev–Trinajstić information content (AvgIpc) is 2.64. The lowest BCUT2D eigenvalue weighted by molar-refractivity contribution is 0.107. The van der Waals surface area contributed by atoms with Crippen LogP contribution in [0, 0.1) is 0 Å². The molecule has 1 aliphatic heterocycles. The van der Waals surface area contributed by atoms with Crippen molar-refractivity contribution in [1.82, 2.24) is 25.2 Å². The molecular formula is C17H21N5O2. The van der Waals surface area contributed by atoms with Crippen molar-refractivity contribution in [2.45, 2.75) is 25.4 Å². The van der Waals surface area contributed by atoms with Crippen molar-refractivity contribution in [2.24, 2.45) is 0 Å².